The maximum atomic E-state index is 13.1. The molecule has 0 aliphatic carbocycles. The highest BCUT2D eigenvalue weighted by Crippen LogP contribution is 2.23. The predicted molar refractivity (Wildman–Crippen MR) is 123 cm³/mol. The number of sulfonamides is 1. The summed E-state index contributed by atoms with van der Waals surface area (Å²) in [5.41, 5.74) is 0.875. The predicted octanol–water partition coefficient (Wildman–Crippen LogP) is 2.40. The second-order valence-corrected chi connectivity index (χ2v) is 10.2. The van der Waals surface area contributed by atoms with Crippen molar-refractivity contribution in [1.82, 2.24) is 24.2 Å². The van der Waals surface area contributed by atoms with Gasteiger partial charge in [-0.2, -0.15) is 9.29 Å². The Balaban J connectivity index is 1.32. The van der Waals surface area contributed by atoms with Crippen molar-refractivity contribution >= 4 is 15.9 Å². The molecule has 180 valence electrons. The van der Waals surface area contributed by atoms with Crippen molar-refractivity contribution in [2.24, 2.45) is 0 Å². The number of aromatic nitrogens is 2. The number of nitrogens with zero attached hydrogens (tertiary/aromatic N) is 5. The van der Waals surface area contributed by atoms with E-state index in [2.05, 4.69) is 15.0 Å². The van der Waals surface area contributed by atoms with Gasteiger partial charge in [0.2, 0.25) is 27.6 Å². The Bertz CT molecular complexity index is 1230. The number of likely N-dealkylation sites (N-methyl/N-ethyl adjacent to an activating group) is 1. The fourth-order valence-corrected chi connectivity index (χ4v) is 4.91. The zero-order valence-electron chi connectivity index (χ0n) is 19.0. The van der Waals surface area contributed by atoms with Gasteiger partial charge in [0.25, 0.3) is 0 Å². The Morgan fingerprint density at radius 2 is 1.74 bits per heavy atom. The standard InChI is InChI=1S/C23H26FN5O4S/c1-17(23-25-22(26-33-23)18-6-4-3-5-7-18)28-12-14-29(15-13-28)21(30)16-27(2)34(31,32)20-10-8-19(24)9-11-20/h3-11,17H,12-16H2,1-2H3. The van der Waals surface area contributed by atoms with Gasteiger partial charge in [-0.25, -0.2) is 12.8 Å². The van der Waals surface area contributed by atoms with E-state index in [-0.39, 0.29) is 23.4 Å². The maximum Gasteiger partial charge on any atom is 0.244 e. The highest BCUT2D eigenvalue weighted by atomic mass is 32.2. The molecule has 0 bridgehead atoms. The third kappa shape index (κ3) is 5.16. The van der Waals surface area contributed by atoms with Crippen LogP contribution in [0.3, 0.4) is 0 Å². The number of carbonyl (C=O) groups excluding carboxylic acids is 1. The van der Waals surface area contributed by atoms with Gasteiger partial charge in [0, 0.05) is 38.8 Å². The summed E-state index contributed by atoms with van der Waals surface area (Å²) in [6.07, 6.45) is 0. The molecular weight excluding hydrogens is 461 g/mol. The van der Waals surface area contributed by atoms with Gasteiger partial charge in [0.1, 0.15) is 5.82 Å². The quantitative estimate of drug-likeness (QED) is 0.505. The van der Waals surface area contributed by atoms with Gasteiger partial charge in [-0.1, -0.05) is 35.5 Å². The van der Waals surface area contributed by atoms with Crippen LogP contribution in [0.5, 0.6) is 0 Å². The molecule has 1 aliphatic rings. The van der Waals surface area contributed by atoms with Crippen LogP contribution >= 0.6 is 0 Å². The van der Waals surface area contributed by atoms with E-state index < -0.39 is 15.8 Å². The summed E-state index contributed by atoms with van der Waals surface area (Å²) in [5.74, 6) is 0.219. The second-order valence-electron chi connectivity index (χ2n) is 8.13. The van der Waals surface area contributed by atoms with Crippen molar-refractivity contribution in [3.8, 4) is 11.4 Å². The van der Waals surface area contributed by atoms with E-state index in [0.717, 1.165) is 22.0 Å². The molecule has 1 amide bonds. The highest BCUT2D eigenvalue weighted by Gasteiger charge is 2.30. The van der Waals surface area contributed by atoms with Crippen LogP contribution in [0.2, 0.25) is 0 Å². The van der Waals surface area contributed by atoms with Gasteiger partial charge in [0.05, 0.1) is 17.5 Å². The van der Waals surface area contributed by atoms with Crippen LogP contribution in [0.4, 0.5) is 4.39 Å². The minimum absolute atomic E-state index is 0.0581. The van der Waals surface area contributed by atoms with Crippen LogP contribution < -0.4 is 0 Å². The van der Waals surface area contributed by atoms with Crippen LogP contribution in [0.25, 0.3) is 11.4 Å². The molecule has 2 heterocycles. The Labute approximate surface area is 197 Å². The van der Waals surface area contributed by atoms with E-state index in [9.17, 15) is 17.6 Å². The molecule has 9 nitrogen and oxygen atoms in total. The molecule has 1 unspecified atom stereocenters. The van der Waals surface area contributed by atoms with Gasteiger partial charge in [-0.15, -0.1) is 0 Å². The monoisotopic (exact) mass is 487 g/mol. The summed E-state index contributed by atoms with van der Waals surface area (Å²) < 4.78 is 44.9. The van der Waals surface area contributed by atoms with Gasteiger partial charge >= 0.3 is 0 Å². The summed E-state index contributed by atoms with van der Waals surface area (Å²) in [5, 5.41) is 4.07. The molecule has 3 aromatic rings. The molecule has 0 saturated carbocycles. The van der Waals surface area contributed by atoms with Crippen molar-refractivity contribution < 1.29 is 22.1 Å². The van der Waals surface area contributed by atoms with Gasteiger partial charge < -0.3 is 9.42 Å². The molecule has 1 aromatic heterocycles. The SMILES string of the molecule is CC(c1nc(-c2ccccc2)no1)N1CCN(C(=O)CN(C)S(=O)(=O)c2ccc(F)cc2)CC1. The van der Waals surface area contributed by atoms with Gasteiger partial charge in [-0.05, 0) is 31.2 Å². The van der Waals surface area contributed by atoms with Crippen LogP contribution in [-0.4, -0.2) is 78.3 Å². The van der Waals surface area contributed by atoms with Crippen molar-refractivity contribution in [2.45, 2.75) is 17.9 Å². The van der Waals surface area contributed by atoms with E-state index in [0.29, 0.717) is 37.9 Å². The zero-order chi connectivity index (χ0) is 24.3. The third-order valence-corrected chi connectivity index (χ3v) is 7.74. The first-order chi connectivity index (χ1) is 16.3. The Morgan fingerprint density at radius 3 is 2.38 bits per heavy atom. The number of hydrogen-bond donors (Lipinski definition) is 0. The zero-order valence-corrected chi connectivity index (χ0v) is 19.8. The fourth-order valence-electron chi connectivity index (χ4n) is 3.79. The lowest BCUT2D eigenvalue weighted by molar-refractivity contribution is -0.133. The normalized spacial score (nSPS) is 16.1. The summed E-state index contributed by atoms with van der Waals surface area (Å²) in [7, 11) is -2.55. The topological polar surface area (TPSA) is 99.8 Å². The molecule has 0 spiro atoms. The minimum Gasteiger partial charge on any atom is -0.339 e. The van der Waals surface area contributed by atoms with Crippen molar-refractivity contribution in [1.29, 1.82) is 0 Å². The fraction of sp³-hybridized carbons (Fsp3) is 0.348. The lowest BCUT2D eigenvalue weighted by Gasteiger charge is -2.37. The first-order valence-corrected chi connectivity index (χ1v) is 12.3. The summed E-state index contributed by atoms with van der Waals surface area (Å²) in [6.45, 7) is 3.76. The van der Waals surface area contributed by atoms with Gasteiger partial charge in [-0.3, -0.25) is 9.69 Å². The first kappa shape index (κ1) is 24.0. The molecule has 0 radical (unpaired) electrons. The van der Waals surface area contributed by atoms with Crippen LogP contribution in [-0.2, 0) is 14.8 Å². The smallest absolute Gasteiger partial charge is 0.244 e. The Kier molecular flexibility index (Phi) is 7.05. The molecule has 11 heteroatoms. The van der Waals surface area contributed by atoms with Crippen molar-refractivity contribution in [3.63, 3.8) is 0 Å². The average molecular weight is 488 g/mol. The van der Waals surface area contributed by atoms with Crippen LogP contribution in [0, 0.1) is 5.82 Å². The van der Waals surface area contributed by atoms with Crippen molar-refractivity contribution in [2.75, 3.05) is 39.8 Å². The van der Waals surface area contributed by atoms with E-state index in [1.807, 2.05) is 37.3 Å². The number of amides is 1. The highest BCUT2D eigenvalue weighted by molar-refractivity contribution is 7.89. The number of piperazine rings is 1. The number of hydrogen-bond acceptors (Lipinski definition) is 7. The van der Waals surface area contributed by atoms with E-state index in [4.69, 9.17) is 4.52 Å². The maximum absolute atomic E-state index is 13.1. The van der Waals surface area contributed by atoms with Crippen LogP contribution in [0.15, 0.2) is 64.0 Å². The molecule has 34 heavy (non-hydrogen) atoms. The van der Waals surface area contributed by atoms with Crippen molar-refractivity contribution in [3.05, 3.63) is 66.3 Å². The van der Waals surface area contributed by atoms with E-state index >= 15 is 0 Å². The largest absolute Gasteiger partial charge is 0.339 e. The number of carbonyl (C=O) groups is 1. The first-order valence-electron chi connectivity index (χ1n) is 10.9. The summed E-state index contributed by atoms with van der Waals surface area (Å²) in [4.78, 5) is 21.0. The summed E-state index contributed by atoms with van der Waals surface area (Å²) >= 11 is 0. The number of halogens is 1. The van der Waals surface area contributed by atoms with E-state index in [1.54, 1.807) is 4.90 Å². The molecule has 1 fully saturated rings. The summed E-state index contributed by atoms with van der Waals surface area (Å²) in [6, 6.07) is 14.0. The molecule has 1 saturated heterocycles. The number of benzene rings is 2. The molecule has 1 aliphatic heterocycles. The lowest BCUT2D eigenvalue weighted by atomic mass is 10.2. The average Bonchev–Trinajstić information content (AvgIpc) is 3.35. The van der Waals surface area contributed by atoms with Gasteiger partial charge in [0.15, 0.2) is 0 Å². The molecule has 2 aromatic carbocycles. The van der Waals surface area contributed by atoms with E-state index in [1.165, 1.54) is 19.2 Å². The lowest BCUT2D eigenvalue weighted by Crippen LogP contribution is -2.51. The molecular formula is C23H26FN5O4S. The number of rotatable bonds is 7. The Morgan fingerprint density at radius 1 is 1.09 bits per heavy atom. The third-order valence-electron chi connectivity index (χ3n) is 5.93. The van der Waals surface area contributed by atoms with Crippen LogP contribution in [0.1, 0.15) is 18.9 Å². The second kappa shape index (κ2) is 10.00. The Hall–Kier alpha value is -3.15. The minimum atomic E-state index is -3.89. The molecule has 1 atom stereocenters. The molecule has 0 N–H and O–H groups in total. The molecule has 4 rings (SSSR count).